The monoisotopic (exact) mass is 261 g/mol. The molecule has 3 heteroatoms. The second-order valence-electron chi connectivity index (χ2n) is 6.46. The van der Waals surface area contributed by atoms with Crippen LogP contribution in [0.4, 0.5) is 0 Å². The number of amides is 1. The molecule has 104 valence electrons. The average Bonchev–Trinajstić information content (AvgIpc) is 2.67. The molecular formula is C16H23NO2. The fourth-order valence-electron chi connectivity index (χ4n) is 4.04. The Hall–Kier alpha value is -1.12. The van der Waals surface area contributed by atoms with Crippen LogP contribution in [0.3, 0.4) is 0 Å². The van der Waals surface area contributed by atoms with Crippen LogP contribution >= 0.6 is 0 Å². The molecule has 0 saturated carbocycles. The van der Waals surface area contributed by atoms with Gasteiger partial charge in [0.25, 0.3) is 0 Å². The zero-order chi connectivity index (χ0) is 13.4. The summed E-state index contributed by atoms with van der Waals surface area (Å²) in [6, 6.07) is 0. The summed E-state index contributed by atoms with van der Waals surface area (Å²) in [6.45, 7) is 3.87. The Bertz CT molecular complexity index is 438. The first kappa shape index (κ1) is 12.9. The van der Waals surface area contributed by atoms with Gasteiger partial charge >= 0.3 is 0 Å². The smallest absolute Gasteiger partial charge is 0.222 e. The number of rotatable bonds is 0. The average molecular weight is 261 g/mol. The van der Waals surface area contributed by atoms with E-state index >= 15 is 0 Å². The molecule has 0 aromatic carbocycles. The lowest BCUT2D eigenvalue weighted by Gasteiger charge is -2.27. The van der Waals surface area contributed by atoms with Crippen LogP contribution in [0, 0.1) is 11.8 Å². The highest BCUT2D eigenvalue weighted by Gasteiger charge is 2.34. The molecule has 3 nitrogen and oxygen atoms in total. The number of hydrogen-bond acceptors (Lipinski definition) is 2. The maximum Gasteiger partial charge on any atom is 0.222 e. The van der Waals surface area contributed by atoms with Crippen LogP contribution in [0.5, 0.6) is 0 Å². The molecule has 3 aliphatic rings. The Balaban J connectivity index is 1.95. The van der Waals surface area contributed by atoms with Crippen molar-refractivity contribution in [1.82, 2.24) is 4.90 Å². The van der Waals surface area contributed by atoms with E-state index < -0.39 is 0 Å². The molecule has 1 amide bonds. The second kappa shape index (κ2) is 5.10. The molecule has 19 heavy (non-hydrogen) atoms. The van der Waals surface area contributed by atoms with Gasteiger partial charge < -0.3 is 4.90 Å². The zero-order valence-electron chi connectivity index (χ0n) is 11.8. The molecule has 2 atom stereocenters. The van der Waals surface area contributed by atoms with E-state index in [1.807, 2.05) is 4.90 Å². The van der Waals surface area contributed by atoms with Crippen molar-refractivity contribution in [1.29, 1.82) is 0 Å². The van der Waals surface area contributed by atoms with Crippen molar-refractivity contribution in [2.75, 3.05) is 13.1 Å². The molecule has 0 N–H and O–H groups in total. The van der Waals surface area contributed by atoms with E-state index in [1.165, 1.54) is 5.57 Å². The number of carbonyl (C=O) groups is 2. The molecule has 0 spiro atoms. The second-order valence-corrected chi connectivity index (χ2v) is 6.46. The Morgan fingerprint density at radius 1 is 1.05 bits per heavy atom. The summed E-state index contributed by atoms with van der Waals surface area (Å²) in [5.74, 6) is 1.56. The van der Waals surface area contributed by atoms with Crippen molar-refractivity contribution in [3.8, 4) is 0 Å². The third-order valence-corrected chi connectivity index (χ3v) is 4.94. The van der Waals surface area contributed by atoms with Crippen LogP contribution in [-0.2, 0) is 9.59 Å². The van der Waals surface area contributed by atoms with Crippen molar-refractivity contribution in [2.24, 2.45) is 11.8 Å². The van der Waals surface area contributed by atoms with Gasteiger partial charge in [-0.05, 0) is 49.5 Å². The van der Waals surface area contributed by atoms with Crippen molar-refractivity contribution in [2.45, 2.75) is 51.9 Å². The molecule has 0 aromatic rings. The van der Waals surface area contributed by atoms with Gasteiger partial charge in [-0.3, -0.25) is 9.59 Å². The van der Waals surface area contributed by atoms with E-state index in [0.29, 0.717) is 36.4 Å². The number of nitrogens with zero attached hydrogens (tertiary/aromatic N) is 1. The number of carbonyl (C=O) groups excluding carboxylic acids is 2. The van der Waals surface area contributed by atoms with Gasteiger partial charge in [-0.25, -0.2) is 0 Å². The number of Topliss-reactive ketones (excluding diaryl/α,β-unsaturated/α-hetero) is 1. The van der Waals surface area contributed by atoms with Crippen molar-refractivity contribution < 1.29 is 9.59 Å². The zero-order valence-corrected chi connectivity index (χ0v) is 11.8. The molecule has 3 rings (SSSR count). The number of fused-ring (bicyclic) bond motifs is 3. The van der Waals surface area contributed by atoms with Crippen LogP contribution in [0.2, 0.25) is 0 Å². The molecule has 2 aliphatic heterocycles. The Labute approximate surface area is 115 Å². The summed E-state index contributed by atoms with van der Waals surface area (Å²) in [6.07, 6.45) is 6.30. The molecule has 0 radical (unpaired) electrons. The predicted octanol–water partition coefficient (Wildman–Crippen LogP) is 2.70. The largest absolute Gasteiger partial charge is 0.343 e. The van der Waals surface area contributed by atoms with E-state index in [0.717, 1.165) is 50.8 Å². The lowest BCUT2D eigenvalue weighted by atomic mass is 9.86. The quantitative estimate of drug-likeness (QED) is 0.672. The van der Waals surface area contributed by atoms with Crippen LogP contribution in [0.15, 0.2) is 11.1 Å². The fraction of sp³-hybridized carbons (Fsp3) is 0.750. The van der Waals surface area contributed by atoms with E-state index in [2.05, 4.69) is 6.92 Å². The summed E-state index contributed by atoms with van der Waals surface area (Å²) in [5, 5.41) is 0. The lowest BCUT2D eigenvalue weighted by molar-refractivity contribution is -0.132. The Morgan fingerprint density at radius 2 is 1.79 bits per heavy atom. The van der Waals surface area contributed by atoms with Gasteiger partial charge in [0, 0.05) is 25.9 Å². The first-order chi connectivity index (χ1) is 9.15. The number of hydrogen-bond donors (Lipinski definition) is 0. The van der Waals surface area contributed by atoms with Crippen molar-refractivity contribution >= 4 is 11.7 Å². The summed E-state index contributed by atoms with van der Waals surface area (Å²) in [5.41, 5.74) is 2.58. The minimum atomic E-state index is 0.324. The number of allylic oxidation sites excluding steroid dienone is 2. The summed E-state index contributed by atoms with van der Waals surface area (Å²) in [4.78, 5) is 26.5. The summed E-state index contributed by atoms with van der Waals surface area (Å²) < 4.78 is 0. The standard InChI is InChI=1S/C16H23NO2/c1-11-8-12-10-15(18)14-5-3-7-17(16(19)9-11)6-2-4-13(12)14/h11-12H,2-10H2,1H3. The molecule has 2 bridgehead atoms. The minimum absolute atomic E-state index is 0.324. The van der Waals surface area contributed by atoms with Crippen LogP contribution in [0.1, 0.15) is 51.9 Å². The molecule has 1 saturated heterocycles. The predicted molar refractivity (Wildman–Crippen MR) is 73.6 cm³/mol. The van der Waals surface area contributed by atoms with Gasteiger partial charge in [0.05, 0.1) is 0 Å². The van der Waals surface area contributed by atoms with Gasteiger partial charge in [0.15, 0.2) is 5.78 Å². The summed E-state index contributed by atoms with van der Waals surface area (Å²) >= 11 is 0. The maximum atomic E-state index is 12.3. The third kappa shape index (κ3) is 2.47. The first-order valence-electron chi connectivity index (χ1n) is 7.68. The minimum Gasteiger partial charge on any atom is -0.343 e. The fourth-order valence-corrected chi connectivity index (χ4v) is 4.04. The molecule has 1 aliphatic carbocycles. The SMILES string of the molecule is CC1CC(=O)N2CCCC3=C(CCC2)C(CC3=O)C1. The van der Waals surface area contributed by atoms with Crippen LogP contribution in [0.25, 0.3) is 0 Å². The highest BCUT2D eigenvalue weighted by atomic mass is 16.2. The Morgan fingerprint density at radius 3 is 2.58 bits per heavy atom. The molecular weight excluding hydrogens is 238 g/mol. The van der Waals surface area contributed by atoms with E-state index in [9.17, 15) is 9.59 Å². The van der Waals surface area contributed by atoms with Crippen molar-refractivity contribution in [3.05, 3.63) is 11.1 Å². The van der Waals surface area contributed by atoms with Gasteiger partial charge in [0.1, 0.15) is 0 Å². The topological polar surface area (TPSA) is 37.4 Å². The Kier molecular flexibility index (Phi) is 3.46. The third-order valence-electron chi connectivity index (χ3n) is 4.94. The maximum absolute atomic E-state index is 12.3. The van der Waals surface area contributed by atoms with Crippen LogP contribution in [-0.4, -0.2) is 29.7 Å². The van der Waals surface area contributed by atoms with E-state index in [-0.39, 0.29) is 0 Å². The molecule has 1 fully saturated rings. The lowest BCUT2D eigenvalue weighted by Crippen LogP contribution is -2.34. The normalized spacial score (nSPS) is 32.6. The molecule has 2 heterocycles. The van der Waals surface area contributed by atoms with Gasteiger partial charge in [0.2, 0.25) is 5.91 Å². The first-order valence-corrected chi connectivity index (χ1v) is 7.68. The van der Waals surface area contributed by atoms with E-state index in [4.69, 9.17) is 0 Å². The van der Waals surface area contributed by atoms with Gasteiger partial charge in [-0.15, -0.1) is 0 Å². The van der Waals surface area contributed by atoms with Crippen LogP contribution < -0.4 is 0 Å². The van der Waals surface area contributed by atoms with E-state index in [1.54, 1.807) is 0 Å². The van der Waals surface area contributed by atoms with Gasteiger partial charge in [-0.2, -0.15) is 0 Å². The molecule has 2 unspecified atom stereocenters. The molecule has 0 aromatic heterocycles. The number of ketones is 1. The highest BCUT2D eigenvalue weighted by Crippen LogP contribution is 2.40. The van der Waals surface area contributed by atoms with Gasteiger partial charge in [-0.1, -0.05) is 12.5 Å². The highest BCUT2D eigenvalue weighted by molar-refractivity contribution is 5.99. The summed E-state index contributed by atoms with van der Waals surface area (Å²) in [7, 11) is 0. The van der Waals surface area contributed by atoms with Crippen molar-refractivity contribution in [3.63, 3.8) is 0 Å².